The van der Waals surface area contributed by atoms with E-state index < -0.39 is 10.0 Å². The Labute approximate surface area is 161 Å². The average Bonchev–Trinajstić information content (AvgIpc) is 3.13. The molecule has 1 saturated heterocycles. The summed E-state index contributed by atoms with van der Waals surface area (Å²) >= 11 is 6.13. The van der Waals surface area contributed by atoms with Gasteiger partial charge in [-0.25, -0.2) is 8.42 Å². The van der Waals surface area contributed by atoms with Crippen molar-refractivity contribution in [3.8, 4) is 0 Å². The van der Waals surface area contributed by atoms with E-state index in [-0.39, 0.29) is 15.8 Å². The van der Waals surface area contributed by atoms with Crippen LogP contribution in [0, 0.1) is 0 Å². The van der Waals surface area contributed by atoms with E-state index in [9.17, 15) is 13.2 Å². The van der Waals surface area contributed by atoms with Gasteiger partial charge in [0.1, 0.15) is 4.90 Å². The quantitative estimate of drug-likeness (QED) is 0.671. The minimum absolute atomic E-state index is 0.0124. The number of hydrogen-bond donors (Lipinski definition) is 0. The van der Waals surface area contributed by atoms with Crippen LogP contribution in [-0.2, 0) is 10.0 Å². The zero-order valence-corrected chi connectivity index (χ0v) is 17.3. The second-order valence-electron chi connectivity index (χ2n) is 6.51. The van der Waals surface area contributed by atoms with Gasteiger partial charge in [0.15, 0.2) is 0 Å². The number of halogens is 1. The molecule has 0 spiro atoms. The monoisotopic (exact) mass is 401 g/mol. The van der Waals surface area contributed by atoms with Crippen LogP contribution in [0.15, 0.2) is 23.1 Å². The molecule has 0 bridgehead atoms. The Morgan fingerprint density at radius 2 is 1.81 bits per heavy atom. The summed E-state index contributed by atoms with van der Waals surface area (Å²) in [6.07, 6.45) is 2.42. The lowest BCUT2D eigenvalue weighted by Crippen LogP contribution is -2.35. The lowest BCUT2D eigenvalue weighted by molar-refractivity contribution is 0.0782. The molecule has 0 aromatic heterocycles. The summed E-state index contributed by atoms with van der Waals surface area (Å²) in [7, 11) is -1.97. The number of benzene rings is 1. The van der Waals surface area contributed by atoms with Crippen molar-refractivity contribution in [3.05, 3.63) is 28.8 Å². The molecular weight excluding hydrogens is 374 g/mol. The smallest absolute Gasteiger partial charge is 0.253 e. The molecule has 1 fully saturated rings. The highest BCUT2D eigenvalue weighted by atomic mass is 35.5. The maximum Gasteiger partial charge on any atom is 0.253 e. The maximum atomic E-state index is 12.8. The van der Waals surface area contributed by atoms with Gasteiger partial charge in [-0.1, -0.05) is 25.4 Å². The van der Waals surface area contributed by atoms with Crippen molar-refractivity contribution in [1.82, 2.24) is 14.1 Å². The third kappa shape index (κ3) is 4.76. The molecule has 6 nitrogen and oxygen atoms in total. The fourth-order valence-electron chi connectivity index (χ4n) is 3.16. The van der Waals surface area contributed by atoms with Crippen molar-refractivity contribution in [2.24, 2.45) is 0 Å². The van der Waals surface area contributed by atoms with Gasteiger partial charge < -0.3 is 9.80 Å². The topological polar surface area (TPSA) is 60.9 Å². The van der Waals surface area contributed by atoms with Crippen molar-refractivity contribution in [3.63, 3.8) is 0 Å². The minimum Gasteiger partial charge on any atom is -0.340 e. The molecule has 1 aromatic carbocycles. The van der Waals surface area contributed by atoms with E-state index in [1.807, 2.05) is 0 Å². The van der Waals surface area contributed by atoms with Crippen molar-refractivity contribution in [1.29, 1.82) is 0 Å². The third-order valence-electron chi connectivity index (χ3n) is 4.80. The molecule has 1 aliphatic rings. The van der Waals surface area contributed by atoms with E-state index in [2.05, 4.69) is 4.90 Å². The van der Waals surface area contributed by atoms with Crippen LogP contribution < -0.4 is 0 Å². The molecule has 26 heavy (non-hydrogen) atoms. The molecule has 1 amide bonds. The molecule has 0 radical (unpaired) electrons. The summed E-state index contributed by atoms with van der Waals surface area (Å²) in [6, 6.07) is 4.46. The number of sulfonamides is 1. The van der Waals surface area contributed by atoms with E-state index in [4.69, 9.17) is 11.6 Å². The first-order valence-electron chi connectivity index (χ1n) is 9.08. The standard InChI is InChI=1S/C18H28ClN3O3S/c1-4-22(5-2)26(24,25)17-14-15(8-9-16(17)19)18(23)20(3)12-13-21-10-6-7-11-21/h8-9,14H,4-7,10-13H2,1-3H3. The van der Waals surface area contributed by atoms with Gasteiger partial charge in [-0.3, -0.25) is 4.79 Å². The second-order valence-corrected chi connectivity index (χ2v) is 8.82. The van der Waals surface area contributed by atoms with Gasteiger partial charge >= 0.3 is 0 Å². The van der Waals surface area contributed by atoms with Gasteiger partial charge in [0.05, 0.1) is 5.02 Å². The van der Waals surface area contributed by atoms with E-state index >= 15 is 0 Å². The Morgan fingerprint density at radius 1 is 1.19 bits per heavy atom. The molecule has 0 unspecified atom stereocenters. The first kappa shape index (κ1) is 21.2. The number of likely N-dealkylation sites (N-methyl/N-ethyl adjacent to an activating group) is 1. The van der Waals surface area contributed by atoms with Crippen molar-refractivity contribution >= 4 is 27.5 Å². The van der Waals surface area contributed by atoms with Gasteiger partial charge in [0.2, 0.25) is 10.0 Å². The molecule has 8 heteroatoms. The number of likely N-dealkylation sites (tertiary alicyclic amines) is 1. The Balaban J connectivity index is 2.18. The number of rotatable bonds is 8. The van der Waals surface area contributed by atoms with Crippen LogP contribution in [-0.4, -0.2) is 74.7 Å². The summed E-state index contributed by atoms with van der Waals surface area (Å²) in [5.74, 6) is -0.197. The molecule has 1 aliphatic heterocycles. The largest absolute Gasteiger partial charge is 0.340 e. The number of carbonyl (C=O) groups excluding carboxylic acids is 1. The third-order valence-corrected chi connectivity index (χ3v) is 7.33. The lowest BCUT2D eigenvalue weighted by atomic mass is 10.2. The lowest BCUT2D eigenvalue weighted by Gasteiger charge is -2.23. The highest BCUT2D eigenvalue weighted by Crippen LogP contribution is 2.26. The first-order chi connectivity index (χ1) is 12.3. The SMILES string of the molecule is CCN(CC)S(=O)(=O)c1cc(C(=O)N(C)CCN2CCCC2)ccc1Cl. The van der Waals surface area contributed by atoms with Crippen molar-refractivity contribution in [2.75, 3.05) is 46.3 Å². The van der Waals surface area contributed by atoms with E-state index in [0.717, 1.165) is 19.6 Å². The summed E-state index contributed by atoms with van der Waals surface area (Å²) in [5, 5.41) is 0.133. The molecule has 1 heterocycles. The highest BCUT2D eigenvalue weighted by molar-refractivity contribution is 7.89. The summed E-state index contributed by atoms with van der Waals surface area (Å²) < 4.78 is 26.9. The molecule has 0 atom stereocenters. The molecule has 0 N–H and O–H groups in total. The van der Waals surface area contributed by atoms with Gasteiger partial charge in [-0.15, -0.1) is 0 Å². The van der Waals surface area contributed by atoms with E-state index in [1.165, 1.54) is 29.3 Å². The summed E-state index contributed by atoms with van der Waals surface area (Å²) in [4.78, 5) is 16.7. The van der Waals surface area contributed by atoms with Crippen LogP contribution in [0.25, 0.3) is 0 Å². The Hall–Kier alpha value is -1.15. The van der Waals surface area contributed by atoms with Gasteiger partial charge in [0, 0.05) is 38.8 Å². The van der Waals surface area contributed by atoms with Crippen LogP contribution in [0.4, 0.5) is 0 Å². The van der Waals surface area contributed by atoms with Crippen LogP contribution in [0.1, 0.15) is 37.0 Å². The Kier molecular flexibility index (Phi) is 7.46. The first-order valence-corrected chi connectivity index (χ1v) is 10.9. The van der Waals surface area contributed by atoms with Gasteiger partial charge in [-0.2, -0.15) is 4.31 Å². The van der Waals surface area contributed by atoms with Crippen LogP contribution in [0.2, 0.25) is 5.02 Å². The second kappa shape index (κ2) is 9.17. The Morgan fingerprint density at radius 3 is 2.38 bits per heavy atom. The molecule has 1 aromatic rings. The molecule has 2 rings (SSSR count). The molecular formula is C18H28ClN3O3S. The van der Waals surface area contributed by atoms with Gasteiger partial charge in [0.25, 0.3) is 5.91 Å². The van der Waals surface area contributed by atoms with Crippen LogP contribution in [0.3, 0.4) is 0 Å². The van der Waals surface area contributed by atoms with E-state index in [1.54, 1.807) is 31.9 Å². The molecule has 146 valence electrons. The number of carbonyl (C=O) groups is 1. The minimum atomic E-state index is -3.72. The average molecular weight is 402 g/mol. The predicted octanol–water partition coefficient (Wildman–Crippen LogP) is 2.54. The Bertz CT molecular complexity index is 729. The van der Waals surface area contributed by atoms with Crippen LogP contribution in [0.5, 0.6) is 0 Å². The fraction of sp³-hybridized carbons (Fsp3) is 0.611. The number of amides is 1. The maximum absolute atomic E-state index is 12.8. The normalized spacial score (nSPS) is 15.6. The number of nitrogens with zero attached hydrogens (tertiary/aromatic N) is 3. The van der Waals surface area contributed by atoms with Crippen molar-refractivity contribution < 1.29 is 13.2 Å². The molecule has 0 aliphatic carbocycles. The van der Waals surface area contributed by atoms with E-state index in [0.29, 0.717) is 25.2 Å². The zero-order valence-electron chi connectivity index (χ0n) is 15.7. The fourth-order valence-corrected chi connectivity index (χ4v) is 5.11. The molecule has 0 saturated carbocycles. The highest BCUT2D eigenvalue weighted by Gasteiger charge is 2.26. The summed E-state index contributed by atoms with van der Waals surface area (Å²) in [6.45, 7) is 7.85. The predicted molar refractivity (Wildman–Crippen MR) is 104 cm³/mol. The van der Waals surface area contributed by atoms with Gasteiger partial charge in [-0.05, 0) is 44.1 Å². The number of hydrogen-bond acceptors (Lipinski definition) is 4. The summed E-state index contributed by atoms with van der Waals surface area (Å²) in [5.41, 5.74) is 0.337. The van der Waals surface area contributed by atoms with Crippen LogP contribution >= 0.6 is 11.6 Å². The van der Waals surface area contributed by atoms with Crippen molar-refractivity contribution in [2.45, 2.75) is 31.6 Å². The zero-order chi connectivity index (χ0) is 19.3.